The maximum absolute atomic E-state index is 6.03. The minimum absolute atomic E-state index is 0.157. The fourth-order valence-corrected chi connectivity index (χ4v) is 3.09. The molecule has 1 aliphatic heterocycles. The van der Waals surface area contributed by atoms with Crippen LogP contribution in [0.3, 0.4) is 0 Å². The summed E-state index contributed by atoms with van der Waals surface area (Å²) in [6.45, 7) is 8.26. The monoisotopic (exact) mass is 273 g/mol. The minimum Gasteiger partial charge on any atom is -0.461 e. The molecule has 3 nitrogen and oxygen atoms in total. The number of hydrogen-bond acceptors (Lipinski definition) is 3. The summed E-state index contributed by atoms with van der Waals surface area (Å²) in [5.74, 6) is 1.52. The van der Waals surface area contributed by atoms with E-state index in [4.69, 9.17) is 9.15 Å². The molecule has 1 aromatic heterocycles. The van der Waals surface area contributed by atoms with E-state index in [0.29, 0.717) is 12.0 Å². The molecule has 1 saturated heterocycles. The average molecular weight is 273 g/mol. The van der Waals surface area contributed by atoms with Gasteiger partial charge in [-0.1, -0.05) is 32.0 Å². The van der Waals surface area contributed by atoms with E-state index in [9.17, 15) is 0 Å². The molecule has 0 bridgehead atoms. The first-order chi connectivity index (χ1) is 9.66. The lowest BCUT2D eigenvalue weighted by atomic mass is 9.93. The Hall–Kier alpha value is -1.32. The lowest BCUT2D eigenvalue weighted by Crippen LogP contribution is -2.30. The van der Waals surface area contributed by atoms with E-state index in [1.165, 1.54) is 10.9 Å². The Bertz CT molecular complexity index is 588. The molecule has 0 amide bonds. The third-order valence-electron chi connectivity index (χ3n) is 4.11. The van der Waals surface area contributed by atoms with Crippen LogP contribution >= 0.6 is 0 Å². The first kappa shape index (κ1) is 13.7. The van der Waals surface area contributed by atoms with Crippen LogP contribution < -0.4 is 5.32 Å². The van der Waals surface area contributed by atoms with E-state index in [0.717, 1.165) is 30.9 Å². The number of para-hydroxylation sites is 1. The van der Waals surface area contributed by atoms with Crippen molar-refractivity contribution in [2.24, 2.45) is 5.92 Å². The number of hydrogen-bond donors (Lipinski definition) is 1. The van der Waals surface area contributed by atoms with Gasteiger partial charge in [0.1, 0.15) is 11.3 Å². The number of ether oxygens (including phenoxy) is 1. The predicted molar refractivity (Wildman–Crippen MR) is 80.9 cm³/mol. The topological polar surface area (TPSA) is 34.4 Å². The van der Waals surface area contributed by atoms with Gasteiger partial charge in [-0.2, -0.15) is 0 Å². The molecule has 1 N–H and O–H groups in total. The van der Waals surface area contributed by atoms with Crippen LogP contribution in [0.2, 0.25) is 0 Å². The van der Waals surface area contributed by atoms with Gasteiger partial charge in [0.05, 0.1) is 6.10 Å². The summed E-state index contributed by atoms with van der Waals surface area (Å²) >= 11 is 0. The third kappa shape index (κ3) is 2.48. The Morgan fingerprint density at radius 1 is 1.30 bits per heavy atom. The van der Waals surface area contributed by atoms with Crippen LogP contribution in [0.5, 0.6) is 0 Å². The quantitative estimate of drug-likeness (QED) is 0.919. The fourth-order valence-electron chi connectivity index (χ4n) is 3.09. The molecule has 2 aromatic rings. The van der Waals surface area contributed by atoms with Crippen molar-refractivity contribution < 1.29 is 9.15 Å². The Morgan fingerprint density at radius 2 is 2.10 bits per heavy atom. The Balaban J connectivity index is 1.91. The van der Waals surface area contributed by atoms with E-state index < -0.39 is 0 Å². The van der Waals surface area contributed by atoms with Crippen molar-refractivity contribution in [1.29, 1.82) is 0 Å². The molecule has 1 aliphatic rings. The zero-order chi connectivity index (χ0) is 14.1. The highest BCUT2D eigenvalue weighted by atomic mass is 16.5. The lowest BCUT2D eigenvalue weighted by molar-refractivity contribution is 0.0898. The SMILES string of the molecule is Cc1oc2ccccc2c1C1OCCC1CNC(C)C. The summed E-state index contributed by atoms with van der Waals surface area (Å²) in [4.78, 5) is 0. The number of furan rings is 1. The highest BCUT2D eigenvalue weighted by molar-refractivity contribution is 5.82. The number of nitrogens with one attached hydrogen (secondary N) is 1. The maximum Gasteiger partial charge on any atom is 0.134 e. The van der Waals surface area contributed by atoms with E-state index >= 15 is 0 Å². The Kier molecular flexibility index (Phi) is 3.81. The van der Waals surface area contributed by atoms with Crippen molar-refractivity contribution in [2.45, 2.75) is 39.3 Å². The van der Waals surface area contributed by atoms with Crippen molar-refractivity contribution in [3.63, 3.8) is 0 Å². The summed E-state index contributed by atoms with van der Waals surface area (Å²) in [7, 11) is 0. The van der Waals surface area contributed by atoms with Crippen LogP contribution in [0, 0.1) is 12.8 Å². The van der Waals surface area contributed by atoms with Crippen molar-refractivity contribution in [3.8, 4) is 0 Å². The smallest absolute Gasteiger partial charge is 0.134 e. The van der Waals surface area contributed by atoms with Crippen LogP contribution in [-0.4, -0.2) is 19.2 Å². The van der Waals surface area contributed by atoms with Crippen LogP contribution in [0.15, 0.2) is 28.7 Å². The van der Waals surface area contributed by atoms with Crippen molar-refractivity contribution in [3.05, 3.63) is 35.6 Å². The molecule has 0 spiro atoms. The van der Waals surface area contributed by atoms with Crippen LogP contribution in [0.25, 0.3) is 11.0 Å². The summed E-state index contributed by atoms with van der Waals surface area (Å²) in [5, 5.41) is 4.74. The molecule has 0 saturated carbocycles. The molecule has 0 radical (unpaired) electrons. The lowest BCUT2D eigenvalue weighted by Gasteiger charge is -2.20. The van der Waals surface area contributed by atoms with Gasteiger partial charge in [-0.05, 0) is 19.4 Å². The molecule has 3 heteroatoms. The van der Waals surface area contributed by atoms with Gasteiger partial charge < -0.3 is 14.5 Å². The second-order valence-corrected chi connectivity index (χ2v) is 5.97. The fraction of sp³-hybridized carbons (Fsp3) is 0.529. The molecule has 20 heavy (non-hydrogen) atoms. The maximum atomic E-state index is 6.03. The van der Waals surface area contributed by atoms with E-state index in [2.05, 4.69) is 31.3 Å². The van der Waals surface area contributed by atoms with Gasteiger partial charge in [-0.15, -0.1) is 0 Å². The molecule has 108 valence electrons. The van der Waals surface area contributed by atoms with Crippen molar-refractivity contribution in [2.75, 3.05) is 13.2 Å². The summed E-state index contributed by atoms with van der Waals surface area (Å²) in [5.41, 5.74) is 2.21. The molecule has 1 aromatic carbocycles. The van der Waals surface area contributed by atoms with Crippen LogP contribution in [0.4, 0.5) is 0 Å². The summed E-state index contributed by atoms with van der Waals surface area (Å²) in [6, 6.07) is 8.76. The number of rotatable bonds is 4. The van der Waals surface area contributed by atoms with Crippen LogP contribution in [0.1, 0.15) is 37.7 Å². The first-order valence-corrected chi connectivity index (χ1v) is 7.50. The summed E-state index contributed by atoms with van der Waals surface area (Å²) < 4.78 is 11.9. The van der Waals surface area contributed by atoms with Gasteiger partial charge in [0.15, 0.2) is 0 Å². The molecule has 2 unspecified atom stereocenters. The Labute approximate surface area is 120 Å². The second kappa shape index (κ2) is 5.58. The second-order valence-electron chi connectivity index (χ2n) is 5.97. The van der Waals surface area contributed by atoms with Gasteiger partial charge in [0, 0.05) is 36.1 Å². The average Bonchev–Trinajstić information content (AvgIpc) is 2.98. The number of benzene rings is 1. The standard InChI is InChI=1S/C17H23NO2/c1-11(2)18-10-13-8-9-19-17(13)16-12(3)20-15-7-5-4-6-14(15)16/h4-7,11,13,17-18H,8-10H2,1-3H3. The molecular weight excluding hydrogens is 250 g/mol. The minimum atomic E-state index is 0.157. The summed E-state index contributed by atoms with van der Waals surface area (Å²) in [6.07, 6.45) is 1.27. The van der Waals surface area contributed by atoms with Gasteiger partial charge in [0.2, 0.25) is 0 Å². The largest absolute Gasteiger partial charge is 0.461 e. The number of fused-ring (bicyclic) bond motifs is 1. The van der Waals surface area contributed by atoms with Gasteiger partial charge in [0.25, 0.3) is 0 Å². The molecular formula is C17H23NO2. The van der Waals surface area contributed by atoms with Crippen LogP contribution in [-0.2, 0) is 4.74 Å². The zero-order valence-electron chi connectivity index (χ0n) is 12.5. The first-order valence-electron chi connectivity index (χ1n) is 7.50. The normalized spacial score (nSPS) is 23.0. The highest BCUT2D eigenvalue weighted by Gasteiger charge is 2.33. The van der Waals surface area contributed by atoms with E-state index in [1.54, 1.807) is 0 Å². The molecule has 0 aliphatic carbocycles. The van der Waals surface area contributed by atoms with E-state index in [1.807, 2.05) is 19.1 Å². The van der Waals surface area contributed by atoms with Crippen molar-refractivity contribution >= 4 is 11.0 Å². The highest BCUT2D eigenvalue weighted by Crippen LogP contribution is 2.40. The molecule has 1 fully saturated rings. The van der Waals surface area contributed by atoms with E-state index in [-0.39, 0.29) is 6.10 Å². The number of aryl methyl sites for hydroxylation is 1. The van der Waals surface area contributed by atoms with Gasteiger partial charge in [-0.3, -0.25) is 0 Å². The van der Waals surface area contributed by atoms with Gasteiger partial charge >= 0.3 is 0 Å². The molecule has 2 heterocycles. The Morgan fingerprint density at radius 3 is 2.90 bits per heavy atom. The predicted octanol–water partition coefficient (Wildman–Crippen LogP) is 3.82. The third-order valence-corrected chi connectivity index (χ3v) is 4.11. The molecule has 3 rings (SSSR count). The van der Waals surface area contributed by atoms with Crippen molar-refractivity contribution in [1.82, 2.24) is 5.32 Å². The van der Waals surface area contributed by atoms with Gasteiger partial charge in [-0.25, -0.2) is 0 Å². The zero-order valence-corrected chi connectivity index (χ0v) is 12.5. The molecule has 2 atom stereocenters.